The van der Waals surface area contributed by atoms with E-state index < -0.39 is 0 Å². The fourth-order valence-electron chi connectivity index (χ4n) is 10.0. The Hall–Kier alpha value is -8.02. The molecule has 0 amide bonds. The van der Waals surface area contributed by atoms with Gasteiger partial charge in [-0.05, 0) is 138 Å². The molecule has 0 atom stereocenters. The molecular weight excluding hydrogens is 773 g/mol. The van der Waals surface area contributed by atoms with Gasteiger partial charge in [-0.1, -0.05) is 103 Å². The minimum atomic E-state index is 0.860. The van der Waals surface area contributed by atoms with Crippen LogP contribution in [0.25, 0.3) is 87.4 Å². The molecule has 0 saturated heterocycles. The van der Waals surface area contributed by atoms with E-state index in [1.54, 1.807) is 0 Å². The molecule has 13 rings (SSSR count). The van der Waals surface area contributed by atoms with Crippen molar-refractivity contribution < 1.29 is 13.3 Å². The number of benzene rings is 9. The minimum absolute atomic E-state index is 0.860. The Labute approximate surface area is 362 Å². The van der Waals surface area contributed by atoms with Crippen molar-refractivity contribution in [2.75, 3.05) is 9.80 Å². The quantitative estimate of drug-likeness (QED) is 0.167. The smallest absolute Gasteiger partial charge is 0.159 e. The molecule has 0 N–H and O–H groups in total. The number of hydrogen-bond donors (Lipinski definition) is 0. The lowest BCUT2D eigenvalue weighted by Crippen LogP contribution is -2.18. The zero-order valence-corrected chi connectivity index (χ0v) is 34.9. The predicted molar refractivity (Wildman–Crippen MR) is 262 cm³/mol. The minimum Gasteiger partial charge on any atom is -0.456 e. The zero-order valence-electron chi connectivity index (χ0n) is 34.9. The SMILES string of the molecule is CC1=CCCC=C1N(c1ccc2cc3c(cc2c1)oc1cc2cc(N(c4ccccc4C)c4cccc5c4oc4ccccc45)ccc2cc13)c1cccc2c1oc1ccccc12. The van der Waals surface area contributed by atoms with E-state index in [4.69, 9.17) is 13.3 Å². The predicted octanol–water partition coefficient (Wildman–Crippen LogP) is 17.2. The van der Waals surface area contributed by atoms with Crippen molar-refractivity contribution in [3.8, 4) is 0 Å². The van der Waals surface area contributed by atoms with Gasteiger partial charge in [0.05, 0.1) is 11.4 Å². The third-order valence-electron chi connectivity index (χ3n) is 13.1. The molecule has 3 heterocycles. The van der Waals surface area contributed by atoms with Crippen molar-refractivity contribution in [3.05, 3.63) is 199 Å². The van der Waals surface area contributed by atoms with Gasteiger partial charge in [0.25, 0.3) is 0 Å². The van der Waals surface area contributed by atoms with Crippen LogP contribution < -0.4 is 9.80 Å². The fourth-order valence-corrected chi connectivity index (χ4v) is 10.0. The van der Waals surface area contributed by atoms with Crippen LogP contribution in [0.3, 0.4) is 0 Å². The van der Waals surface area contributed by atoms with Crippen LogP contribution in [0.2, 0.25) is 0 Å². The number of allylic oxidation sites excluding steroid dienone is 3. The van der Waals surface area contributed by atoms with Crippen LogP contribution in [0.4, 0.5) is 28.4 Å². The molecule has 0 radical (unpaired) electrons. The monoisotopic (exact) mass is 812 g/mol. The second-order valence-electron chi connectivity index (χ2n) is 16.9. The lowest BCUT2D eigenvalue weighted by Gasteiger charge is -2.30. The standard InChI is InChI=1S/C58H40N2O3/c1-35-13-3-7-19-49(35)59(51-21-11-17-45-43-15-5-9-23-53(43)62-57(45)51)41-27-25-37-31-47-48-32-38-26-28-42(30-40(38)34-56(48)61-55(47)33-39(37)29-41)60(50-20-8-4-14-36(50)2)52-22-12-18-46-44-16-6-10-24-54(44)63-58(46)52/h3,5-7,9-34H,4,8H2,1-2H3. The lowest BCUT2D eigenvalue weighted by atomic mass is 10.00. The first-order valence-corrected chi connectivity index (χ1v) is 21.7. The van der Waals surface area contributed by atoms with Gasteiger partial charge < -0.3 is 23.1 Å². The van der Waals surface area contributed by atoms with E-state index in [1.165, 1.54) is 16.8 Å². The van der Waals surface area contributed by atoms with E-state index in [1.807, 2.05) is 18.2 Å². The Morgan fingerprint density at radius 2 is 0.873 bits per heavy atom. The summed E-state index contributed by atoms with van der Waals surface area (Å²) in [5.41, 5.74) is 14.1. The number of hydrogen-bond acceptors (Lipinski definition) is 5. The Balaban J connectivity index is 0.946. The highest BCUT2D eigenvalue weighted by Crippen LogP contribution is 2.46. The molecule has 63 heavy (non-hydrogen) atoms. The van der Waals surface area contributed by atoms with Gasteiger partial charge in [0.1, 0.15) is 22.3 Å². The highest BCUT2D eigenvalue weighted by molar-refractivity contribution is 6.15. The number of para-hydroxylation sites is 5. The van der Waals surface area contributed by atoms with Crippen LogP contribution >= 0.6 is 0 Å². The molecule has 300 valence electrons. The van der Waals surface area contributed by atoms with Gasteiger partial charge in [-0.2, -0.15) is 0 Å². The molecule has 9 aromatic carbocycles. The first kappa shape index (κ1) is 35.7. The molecule has 3 aromatic heterocycles. The molecule has 0 saturated carbocycles. The molecule has 0 spiro atoms. The number of anilines is 5. The summed E-state index contributed by atoms with van der Waals surface area (Å²) < 4.78 is 20.0. The highest BCUT2D eigenvalue weighted by atomic mass is 16.3. The summed E-state index contributed by atoms with van der Waals surface area (Å²) in [6.45, 7) is 4.38. The summed E-state index contributed by atoms with van der Waals surface area (Å²) in [4.78, 5) is 4.70. The van der Waals surface area contributed by atoms with Crippen molar-refractivity contribution >= 4 is 116 Å². The first-order valence-electron chi connectivity index (χ1n) is 21.7. The summed E-state index contributed by atoms with van der Waals surface area (Å²) >= 11 is 0. The summed E-state index contributed by atoms with van der Waals surface area (Å²) in [6.07, 6.45) is 6.73. The number of fused-ring (bicyclic) bond motifs is 11. The third-order valence-corrected chi connectivity index (χ3v) is 13.1. The summed E-state index contributed by atoms with van der Waals surface area (Å²) in [5.74, 6) is 0. The second-order valence-corrected chi connectivity index (χ2v) is 16.9. The van der Waals surface area contributed by atoms with Crippen LogP contribution in [0, 0.1) is 6.92 Å². The Kier molecular flexibility index (Phi) is 7.79. The third kappa shape index (κ3) is 5.56. The van der Waals surface area contributed by atoms with Crippen LogP contribution in [0.5, 0.6) is 0 Å². The van der Waals surface area contributed by atoms with E-state index in [-0.39, 0.29) is 0 Å². The Morgan fingerprint density at radius 3 is 1.48 bits per heavy atom. The maximum Gasteiger partial charge on any atom is 0.159 e. The molecule has 0 aliphatic heterocycles. The Bertz CT molecular complexity index is 3910. The summed E-state index contributed by atoms with van der Waals surface area (Å²) in [5, 5.41) is 11.2. The molecule has 1 aliphatic carbocycles. The number of aryl methyl sites for hydroxylation is 1. The molecule has 0 unspecified atom stereocenters. The normalized spacial score (nSPS) is 13.3. The van der Waals surface area contributed by atoms with Gasteiger partial charge in [-0.3, -0.25) is 0 Å². The van der Waals surface area contributed by atoms with Crippen LogP contribution in [0.15, 0.2) is 207 Å². The van der Waals surface area contributed by atoms with E-state index >= 15 is 0 Å². The van der Waals surface area contributed by atoms with Crippen LogP contribution in [-0.2, 0) is 0 Å². The maximum absolute atomic E-state index is 6.78. The fraction of sp³-hybridized carbons (Fsp3) is 0.0690. The average molecular weight is 813 g/mol. The van der Waals surface area contributed by atoms with Crippen LogP contribution in [-0.4, -0.2) is 0 Å². The first-order chi connectivity index (χ1) is 31.0. The van der Waals surface area contributed by atoms with Gasteiger partial charge in [0.15, 0.2) is 11.2 Å². The molecular formula is C58H40N2O3. The molecule has 12 aromatic rings. The van der Waals surface area contributed by atoms with E-state index in [0.717, 1.165) is 129 Å². The molecule has 0 bridgehead atoms. The molecule has 5 nitrogen and oxygen atoms in total. The molecule has 0 fully saturated rings. The van der Waals surface area contributed by atoms with E-state index in [9.17, 15) is 0 Å². The Morgan fingerprint density at radius 1 is 0.365 bits per heavy atom. The number of furan rings is 3. The van der Waals surface area contributed by atoms with Crippen molar-refractivity contribution in [3.63, 3.8) is 0 Å². The van der Waals surface area contributed by atoms with Crippen molar-refractivity contribution in [1.29, 1.82) is 0 Å². The lowest BCUT2D eigenvalue weighted by molar-refractivity contribution is 0.668. The molecule has 1 aliphatic rings. The largest absolute Gasteiger partial charge is 0.456 e. The van der Waals surface area contributed by atoms with Crippen molar-refractivity contribution in [2.24, 2.45) is 0 Å². The highest BCUT2D eigenvalue weighted by Gasteiger charge is 2.24. The second kappa shape index (κ2) is 13.7. The van der Waals surface area contributed by atoms with Gasteiger partial charge in [0.2, 0.25) is 0 Å². The van der Waals surface area contributed by atoms with E-state index in [2.05, 4.69) is 187 Å². The van der Waals surface area contributed by atoms with Gasteiger partial charge in [0, 0.05) is 55.1 Å². The van der Waals surface area contributed by atoms with Gasteiger partial charge >= 0.3 is 0 Å². The van der Waals surface area contributed by atoms with Gasteiger partial charge in [-0.15, -0.1) is 0 Å². The number of rotatable bonds is 6. The van der Waals surface area contributed by atoms with E-state index in [0.29, 0.717) is 0 Å². The number of nitrogens with zero attached hydrogens (tertiary/aromatic N) is 2. The summed E-state index contributed by atoms with van der Waals surface area (Å²) in [7, 11) is 0. The van der Waals surface area contributed by atoms with Gasteiger partial charge in [-0.25, -0.2) is 0 Å². The average Bonchev–Trinajstić information content (AvgIpc) is 4.00. The molecule has 5 heteroatoms. The maximum atomic E-state index is 6.78. The zero-order chi connectivity index (χ0) is 41.8. The van der Waals surface area contributed by atoms with Crippen molar-refractivity contribution in [1.82, 2.24) is 0 Å². The summed E-state index contributed by atoms with van der Waals surface area (Å²) in [6, 6.07) is 60.5. The topological polar surface area (TPSA) is 45.9 Å². The van der Waals surface area contributed by atoms with Crippen molar-refractivity contribution in [2.45, 2.75) is 26.7 Å². The van der Waals surface area contributed by atoms with Crippen LogP contribution in [0.1, 0.15) is 25.3 Å².